The summed E-state index contributed by atoms with van der Waals surface area (Å²) < 4.78 is 31.7. The third kappa shape index (κ3) is 5.66. The van der Waals surface area contributed by atoms with Crippen molar-refractivity contribution in [3.8, 4) is 0 Å². The second-order valence-corrected chi connectivity index (χ2v) is 6.49. The molecule has 10 heteroatoms. The maximum atomic E-state index is 12.4. The van der Waals surface area contributed by atoms with Gasteiger partial charge in [-0.15, -0.1) is 0 Å². The van der Waals surface area contributed by atoms with Crippen LogP contribution in [0.5, 0.6) is 0 Å². The van der Waals surface area contributed by atoms with E-state index in [1.807, 2.05) is 17.0 Å². The molecule has 1 unspecified atom stereocenters. The first kappa shape index (κ1) is 20.7. The first-order valence-electron chi connectivity index (χ1n) is 8.44. The van der Waals surface area contributed by atoms with Gasteiger partial charge in [-0.25, -0.2) is 4.79 Å². The topological polar surface area (TPSA) is 99.6 Å². The highest BCUT2D eigenvalue weighted by Crippen LogP contribution is 2.31. The van der Waals surface area contributed by atoms with Crippen LogP contribution >= 0.6 is 0 Å². The Bertz CT molecular complexity index is 696. The summed E-state index contributed by atoms with van der Waals surface area (Å²) in [5, 5.41) is 10.2. The standard InChI is InChI=1S/C15H19N3O2.C2HF3O2/c19-13-5-7-15(17-13)6-3-10-18(11-8-15)14(20)12-4-1-2-9-16-12;3-2(4,5)1(6)7/h1-2,4,9H,3,5-8,10-11H2,(H,17,19);(H,6,7). The molecule has 7 nitrogen and oxygen atoms in total. The quantitative estimate of drug-likeness (QED) is 0.768. The molecule has 1 atom stereocenters. The molecule has 2 amide bonds. The number of carboxylic acids is 1. The molecular formula is C17H20F3N3O4. The zero-order valence-electron chi connectivity index (χ0n) is 14.5. The van der Waals surface area contributed by atoms with Crippen molar-refractivity contribution in [1.82, 2.24) is 15.2 Å². The van der Waals surface area contributed by atoms with Gasteiger partial charge < -0.3 is 15.3 Å². The zero-order chi connectivity index (χ0) is 20.1. The number of hydrogen-bond acceptors (Lipinski definition) is 4. The Balaban J connectivity index is 0.000000321. The van der Waals surface area contributed by atoms with Crippen LogP contribution in [0.3, 0.4) is 0 Å². The van der Waals surface area contributed by atoms with Crippen molar-refractivity contribution in [2.75, 3.05) is 13.1 Å². The normalized spacial score (nSPS) is 22.5. The molecule has 0 saturated carbocycles. The van der Waals surface area contributed by atoms with E-state index in [9.17, 15) is 22.8 Å². The molecule has 0 aromatic carbocycles. The number of carbonyl (C=O) groups excluding carboxylic acids is 2. The Kier molecular flexibility index (Phi) is 6.40. The SMILES string of the molecule is O=C(O)C(F)(F)F.O=C1CCC2(CCCN(C(=O)c3ccccn3)CC2)N1. The minimum atomic E-state index is -5.08. The molecule has 0 radical (unpaired) electrons. The minimum Gasteiger partial charge on any atom is -0.475 e. The Morgan fingerprint density at radius 2 is 1.89 bits per heavy atom. The van der Waals surface area contributed by atoms with Crippen molar-refractivity contribution in [3.63, 3.8) is 0 Å². The van der Waals surface area contributed by atoms with Gasteiger partial charge in [0, 0.05) is 31.2 Å². The van der Waals surface area contributed by atoms with Crippen LogP contribution in [0.4, 0.5) is 13.2 Å². The lowest BCUT2D eigenvalue weighted by Crippen LogP contribution is -2.42. The van der Waals surface area contributed by atoms with E-state index in [2.05, 4.69) is 10.3 Å². The number of pyridine rings is 1. The largest absolute Gasteiger partial charge is 0.490 e. The molecule has 148 valence electrons. The first-order valence-corrected chi connectivity index (χ1v) is 8.44. The molecule has 27 heavy (non-hydrogen) atoms. The van der Waals surface area contributed by atoms with Gasteiger partial charge in [-0.3, -0.25) is 14.6 Å². The number of nitrogens with zero attached hydrogens (tertiary/aromatic N) is 2. The second-order valence-electron chi connectivity index (χ2n) is 6.49. The fourth-order valence-corrected chi connectivity index (χ4v) is 3.20. The molecule has 3 heterocycles. The van der Waals surface area contributed by atoms with Crippen LogP contribution in [0.15, 0.2) is 24.4 Å². The van der Waals surface area contributed by atoms with Crippen LogP contribution < -0.4 is 5.32 Å². The number of halogens is 3. The lowest BCUT2D eigenvalue weighted by Gasteiger charge is -2.27. The molecule has 2 aliphatic rings. The molecule has 2 fully saturated rings. The summed E-state index contributed by atoms with van der Waals surface area (Å²) in [5.41, 5.74) is 0.426. The van der Waals surface area contributed by atoms with E-state index in [1.165, 1.54) is 0 Å². The van der Waals surface area contributed by atoms with Crippen molar-refractivity contribution in [3.05, 3.63) is 30.1 Å². The highest BCUT2D eigenvalue weighted by molar-refractivity contribution is 5.92. The van der Waals surface area contributed by atoms with E-state index in [1.54, 1.807) is 12.3 Å². The molecule has 0 aliphatic carbocycles. The summed E-state index contributed by atoms with van der Waals surface area (Å²) in [6.45, 7) is 1.43. The number of alkyl halides is 3. The Labute approximate surface area is 153 Å². The molecule has 1 aromatic rings. The number of rotatable bonds is 1. The number of hydrogen-bond donors (Lipinski definition) is 2. The smallest absolute Gasteiger partial charge is 0.475 e. The summed E-state index contributed by atoms with van der Waals surface area (Å²) in [6.07, 6.45) is 0.816. The molecule has 1 aromatic heterocycles. The fraction of sp³-hybridized carbons (Fsp3) is 0.529. The van der Waals surface area contributed by atoms with Crippen LogP contribution in [-0.2, 0) is 9.59 Å². The predicted molar refractivity (Wildman–Crippen MR) is 87.8 cm³/mol. The average Bonchev–Trinajstić information content (AvgIpc) is 2.86. The summed E-state index contributed by atoms with van der Waals surface area (Å²) in [7, 11) is 0. The van der Waals surface area contributed by atoms with Crippen molar-refractivity contribution in [2.45, 2.75) is 43.8 Å². The molecule has 1 spiro atoms. The minimum absolute atomic E-state index is 0.00743. The van der Waals surface area contributed by atoms with Crippen LogP contribution in [0, 0.1) is 0 Å². The number of aromatic nitrogens is 1. The van der Waals surface area contributed by atoms with Gasteiger partial charge in [0.2, 0.25) is 5.91 Å². The summed E-state index contributed by atoms with van der Waals surface area (Å²) in [5.74, 6) is -2.62. The van der Waals surface area contributed by atoms with Gasteiger partial charge in [0.1, 0.15) is 5.69 Å². The maximum absolute atomic E-state index is 12.4. The molecule has 2 aliphatic heterocycles. The third-order valence-corrected chi connectivity index (χ3v) is 4.59. The van der Waals surface area contributed by atoms with E-state index in [-0.39, 0.29) is 17.4 Å². The van der Waals surface area contributed by atoms with Gasteiger partial charge in [-0.05, 0) is 37.8 Å². The number of carboxylic acid groups (broad SMARTS) is 1. The van der Waals surface area contributed by atoms with Crippen molar-refractivity contribution >= 4 is 17.8 Å². The third-order valence-electron chi connectivity index (χ3n) is 4.59. The van der Waals surface area contributed by atoms with Crippen molar-refractivity contribution in [1.29, 1.82) is 0 Å². The predicted octanol–water partition coefficient (Wildman–Crippen LogP) is 1.99. The highest BCUT2D eigenvalue weighted by atomic mass is 19.4. The summed E-state index contributed by atoms with van der Waals surface area (Å²) in [4.78, 5) is 38.7. The van der Waals surface area contributed by atoms with Crippen LogP contribution in [0.25, 0.3) is 0 Å². The Morgan fingerprint density at radius 1 is 1.19 bits per heavy atom. The molecule has 0 bridgehead atoms. The van der Waals surface area contributed by atoms with E-state index in [0.717, 1.165) is 32.2 Å². The molecule has 2 saturated heterocycles. The number of amides is 2. The average molecular weight is 387 g/mol. The highest BCUT2D eigenvalue weighted by Gasteiger charge is 2.39. The number of carbonyl (C=O) groups is 3. The number of aliphatic carboxylic acids is 1. The Hall–Kier alpha value is -2.65. The van der Waals surface area contributed by atoms with Crippen LogP contribution in [0.1, 0.15) is 42.6 Å². The zero-order valence-corrected chi connectivity index (χ0v) is 14.5. The fourth-order valence-electron chi connectivity index (χ4n) is 3.20. The van der Waals surface area contributed by atoms with E-state index < -0.39 is 12.1 Å². The van der Waals surface area contributed by atoms with Gasteiger partial charge >= 0.3 is 12.1 Å². The molecule has 3 rings (SSSR count). The lowest BCUT2D eigenvalue weighted by atomic mass is 9.89. The van der Waals surface area contributed by atoms with Gasteiger partial charge in [-0.1, -0.05) is 6.07 Å². The lowest BCUT2D eigenvalue weighted by molar-refractivity contribution is -0.192. The van der Waals surface area contributed by atoms with E-state index in [0.29, 0.717) is 18.7 Å². The van der Waals surface area contributed by atoms with Gasteiger partial charge in [0.15, 0.2) is 0 Å². The monoisotopic (exact) mass is 387 g/mol. The number of nitrogens with one attached hydrogen (secondary N) is 1. The Morgan fingerprint density at radius 3 is 2.41 bits per heavy atom. The number of likely N-dealkylation sites (tertiary alicyclic amines) is 1. The first-order chi connectivity index (χ1) is 12.6. The van der Waals surface area contributed by atoms with Crippen molar-refractivity contribution < 1.29 is 32.7 Å². The summed E-state index contributed by atoms with van der Waals surface area (Å²) in [6, 6.07) is 5.39. The van der Waals surface area contributed by atoms with Gasteiger partial charge in [0.25, 0.3) is 5.91 Å². The molecule has 2 N–H and O–H groups in total. The van der Waals surface area contributed by atoms with Crippen LogP contribution in [-0.4, -0.2) is 57.6 Å². The van der Waals surface area contributed by atoms with Gasteiger partial charge in [0.05, 0.1) is 0 Å². The second kappa shape index (κ2) is 8.36. The van der Waals surface area contributed by atoms with E-state index >= 15 is 0 Å². The molecular weight excluding hydrogens is 367 g/mol. The van der Waals surface area contributed by atoms with E-state index in [4.69, 9.17) is 9.90 Å². The van der Waals surface area contributed by atoms with Gasteiger partial charge in [-0.2, -0.15) is 13.2 Å². The maximum Gasteiger partial charge on any atom is 0.490 e. The van der Waals surface area contributed by atoms with Crippen LogP contribution in [0.2, 0.25) is 0 Å². The van der Waals surface area contributed by atoms with Crippen molar-refractivity contribution in [2.24, 2.45) is 0 Å². The summed E-state index contributed by atoms with van der Waals surface area (Å²) >= 11 is 0.